The van der Waals surface area contributed by atoms with Crippen LogP contribution in [-0.2, 0) is 0 Å². The van der Waals surface area contributed by atoms with Crippen molar-refractivity contribution in [3.05, 3.63) is 54.4 Å². The minimum absolute atomic E-state index is 1.20. The van der Waals surface area contributed by atoms with E-state index in [2.05, 4.69) is 48.3 Å². The first kappa shape index (κ1) is 8.42. The Labute approximate surface area is 88.4 Å². The van der Waals surface area contributed by atoms with Crippen LogP contribution in [-0.4, -0.2) is 4.98 Å². The maximum absolute atomic E-state index is 4.14. The van der Waals surface area contributed by atoms with Crippen LogP contribution in [0.1, 0.15) is 5.56 Å². The number of nitrogens with zero attached hydrogens (tertiary/aromatic N) is 1. The summed E-state index contributed by atoms with van der Waals surface area (Å²) in [5, 5.41) is 5.09. The van der Waals surface area contributed by atoms with Gasteiger partial charge in [-0.3, -0.25) is 4.98 Å². The van der Waals surface area contributed by atoms with E-state index in [-0.39, 0.29) is 0 Å². The number of aromatic nitrogens is 1. The molecule has 1 nitrogen and oxygen atoms in total. The average molecular weight is 193 g/mol. The second-order valence-electron chi connectivity index (χ2n) is 3.89. The monoisotopic (exact) mass is 193 g/mol. The molecule has 0 radical (unpaired) electrons. The minimum atomic E-state index is 1.20. The molecule has 0 bridgehead atoms. The fourth-order valence-corrected chi connectivity index (χ4v) is 2.03. The third-order valence-corrected chi connectivity index (χ3v) is 2.79. The summed E-state index contributed by atoms with van der Waals surface area (Å²) in [7, 11) is 0. The lowest BCUT2D eigenvalue weighted by molar-refractivity contribution is 1.37. The molecule has 0 amide bonds. The third kappa shape index (κ3) is 1.28. The van der Waals surface area contributed by atoms with Gasteiger partial charge in [0.15, 0.2) is 0 Å². The van der Waals surface area contributed by atoms with Crippen LogP contribution in [0.15, 0.2) is 48.8 Å². The van der Waals surface area contributed by atoms with Gasteiger partial charge in [-0.1, -0.05) is 35.9 Å². The van der Waals surface area contributed by atoms with Crippen LogP contribution in [0, 0.1) is 6.92 Å². The van der Waals surface area contributed by atoms with Crippen LogP contribution in [0.3, 0.4) is 0 Å². The van der Waals surface area contributed by atoms with E-state index in [1.54, 1.807) is 0 Å². The number of hydrogen-bond donors (Lipinski definition) is 0. The van der Waals surface area contributed by atoms with Crippen molar-refractivity contribution in [3.8, 4) is 0 Å². The van der Waals surface area contributed by atoms with E-state index in [0.717, 1.165) is 0 Å². The first-order chi connectivity index (χ1) is 7.34. The molecule has 0 saturated carbocycles. The molecular weight excluding hydrogens is 182 g/mol. The minimum Gasteiger partial charge on any atom is -0.264 e. The largest absolute Gasteiger partial charge is 0.264 e. The summed E-state index contributed by atoms with van der Waals surface area (Å²) < 4.78 is 0. The number of benzene rings is 2. The Morgan fingerprint density at radius 3 is 2.60 bits per heavy atom. The smallest absolute Gasteiger partial charge is 0.0346 e. The van der Waals surface area contributed by atoms with E-state index in [0.29, 0.717) is 0 Å². The lowest BCUT2D eigenvalue weighted by Gasteiger charge is -2.03. The summed E-state index contributed by atoms with van der Waals surface area (Å²) >= 11 is 0. The number of pyridine rings is 1. The van der Waals surface area contributed by atoms with Gasteiger partial charge in [0.2, 0.25) is 0 Å². The first-order valence-electron chi connectivity index (χ1n) is 5.08. The van der Waals surface area contributed by atoms with Crippen molar-refractivity contribution < 1.29 is 0 Å². The average Bonchev–Trinajstić information content (AvgIpc) is 2.28. The fraction of sp³-hybridized carbons (Fsp3) is 0.0714. The maximum atomic E-state index is 4.14. The third-order valence-electron chi connectivity index (χ3n) is 2.79. The summed E-state index contributed by atoms with van der Waals surface area (Å²) in [5.74, 6) is 0. The SMILES string of the molecule is Cc1ccc2c(ccc3cnccc32)c1. The Balaban J connectivity index is 2.55. The van der Waals surface area contributed by atoms with Crippen molar-refractivity contribution in [2.75, 3.05) is 0 Å². The highest BCUT2D eigenvalue weighted by Crippen LogP contribution is 2.25. The van der Waals surface area contributed by atoms with E-state index in [9.17, 15) is 0 Å². The van der Waals surface area contributed by atoms with E-state index in [1.807, 2.05) is 12.4 Å². The molecule has 72 valence electrons. The molecule has 0 aliphatic heterocycles. The summed E-state index contributed by atoms with van der Waals surface area (Å²) in [6, 6.07) is 12.9. The number of aryl methyl sites for hydroxylation is 1. The molecule has 0 unspecified atom stereocenters. The normalized spacial score (nSPS) is 11.0. The molecule has 15 heavy (non-hydrogen) atoms. The van der Waals surface area contributed by atoms with E-state index in [4.69, 9.17) is 0 Å². The molecule has 0 N–H and O–H groups in total. The second kappa shape index (κ2) is 3.06. The molecule has 2 aromatic carbocycles. The molecule has 1 heterocycles. The Kier molecular flexibility index (Phi) is 1.72. The molecule has 0 aliphatic rings. The van der Waals surface area contributed by atoms with Gasteiger partial charge in [0.1, 0.15) is 0 Å². The lowest BCUT2D eigenvalue weighted by atomic mass is 10.0. The summed E-state index contributed by atoms with van der Waals surface area (Å²) in [6.45, 7) is 2.12. The van der Waals surface area contributed by atoms with Crippen LogP contribution in [0.5, 0.6) is 0 Å². The molecule has 3 rings (SSSR count). The quantitative estimate of drug-likeness (QED) is 0.496. The highest BCUT2D eigenvalue weighted by atomic mass is 14.6. The summed E-state index contributed by atoms with van der Waals surface area (Å²) in [6.07, 6.45) is 3.76. The highest BCUT2D eigenvalue weighted by Gasteiger charge is 1.99. The molecule has 0 saturated heterocycles. The zero-order valence-corrected chi connectivity index (χ0v) is 8.57. The summed E-state index contributed by atoms with van der Waals surface area (Å²) in [4.78, 5) is 4.14. The number of hydrogen-bond acceptors (Lipinski definition) is 1. The van der Waals surface area contributed by atoms with Gasteiger partial charge in [-0.25, -0.2) is 0 Å². The number of fused-ring (bicyclic) bond motifs is 3. The molecule has 3 aromatic rings. The second-order valence-corrected chi connectivity index (χ2v) is 3.89. The van der Waals surface area contributed by atoms with Crippen molar-refractivity contribution in [3.63, 3.8) is 0 Å². The number of rotatable bonds is 0. The Bertz CT molecular complexity index is 641. The predicted molar refractivity (Wildman–Crippen MR) is 64.0 cm³/mol. The highest BCUT2D eigenvalue weighted by molar-refractivity contribution is 6.07. The van der Waals surface area contributed by atoms with Crippen molar-refractivity contribution in [2.45, 2.75) is 6.92 Å². The van der Waals surface area contributed by atoms with Gasteiger partial charge in [-0.2, -0.15) is 0 Å². The zero-order chi connectivity index (χ0) is 10.3. The topological polar surface area (TPSA) is 12.9 Å². The van der Waals surface area contributed by atoms with Crippen LogP contribution >= 0.6 is 0 Å². The van der Waals surface area contributed by atoms with Crippen molar-refractivity contribution in [1.29, 1.82) is 0 Å². The molecule has 0 atom stereocenters. The predicted octanol–water partition coefficient (Wildman–Crippen LogP) is 3.70. The van der Waals surface area contributed by atoms with Gasteiger partial charge in [0.25, 0.3) is 0 Å². The molecule has 1 heteroatoms. The molecular formula is C14H11N. The van der Waals surface area contributed by atoms with Crippen molar-refractivity contribution in [1.82, 2.24) is 4.98 Å². The van der Waals surface area contributed by atoms with E-state index < -0.39 is 0 Å². The maximum Gasteiger partial charge on any atom is 0.0346 e. The fourth-order valence-electron chi connectivity index (χ4n) is 2.03. The van der Waals surface area contributed by atoms with Crippen LogP contribution in [0.2, 0.25) is 0 Å². The van der Waals surface area contributed by atoms with Crippen LogP contribution in [0.4, 0.5) is 0 Å². The zero-order valence-electron chi connectivity index (χ0n) is 8.57. The summed E-state index contributed by atoms with van der Waals surface area (Å²) in [5.41, 5.74) is 1.30. The van der Waals surface area contributed by atoms with Crippen LogP contribution in [0.25, 0.3) is 21.5 Å². The Morgan fingerprint density at radius 1 is 0.867 bits per heavy atom. The van der Waals surface area contributed by atoms with Gasteiger partial charge in [-0.15, -0.1) is 0 Å². The van der Waals surface area contributed by atoms with Gasteiger partial charge in [-0.05, 0) is 29.1 Å². The Hall–Kier alpha value is -1.89. The molecule has 1 aromatic heterocycles. The molecule has 0 aliphatic carbocycles. The van der Waals surface area contributed by atoms with E-state index in [1.165, 1.54) is 27.1 Å². The van der Waals surface area contributed by atoms with Crippen molar-refractivity contribution >= 4 is 21.5 Å². The van der Waals surface area contributed by atoms with Gasteiger partial charge in [0.05, 0.1) is 0 Å². The van der Waals surface area contributed by atoms with E-state index >= 15 is 0 Å². The van der Waals surface area contributed by atoms with Gasteiger partial charge in [0, 0.05) is 17.8 Å². The lowest BCUT2D eigenvalue weighted by Crippen LogP contribution is -1.80. The van der Waals surface area contributed by atoms with Crippen molar-refractivity contribution in [2.24, 2.45) is 0 Å². The van der Waals surface area contributed by atoms with Gasteiger partial charge < -0.3 is 0 Å². The van der Waals surface area contributed by atoms with Crippen LogP contribution < -0.4 is 0 Å². The van der Waals surface area contributed by atoms with Gasteiger partial charge >= 0.3 is 0 Å². The molecule has 0 spiro atoms. The molecule has 0 fully saturated rings. The first-order valence-corrected chi connectivity index (χ1v) is 5.08. The Morgan fingerprint density at radius 2 is 1.67 bits per heavy atom. The standard InChI is InChI=1S/C14H11N/c1-10-2-5-13-11(8-10)3-4-12-9-15-7-6-14(12)13/h2-9H,1H3.